The molecule has 2 aromatic carbocycles. The van der Waals surface area contributed by atoms with E-state index in [1.54, 1.807) is 7.05 Å². The summed E-state index contributed by atoms with van der Waals surface area (Å²) in [6.07, 6.45) is 5.64. The second-order valence-electron chi connectivity index (χ2n) is 8.71. The Morgan fingerprint density at radius 3 is 1.50 bits per heavy atom. The Labute approximate surface area is 198 Å². The average molecular weight is 456 g/mol. The van der Waals surface area contributed by atoms with Gasteiger partial charge in [0.25, 0.3) is 11.8 Å². The molecule has 3 heterocycles. The molecule has 1 aliphatic heterocycles. The van der Waals surface area contributed by atoms with Crippen LogP contribution in [0.25, 0.3) is 33.0 Å². The summed E-state index contributed by atoms with van der Waals surface area (Å²) < 4.78 is 4.26. The first-order valence-corrected chi connectivity index (χ1v) is 11.7. The quantitative estimate of drug-likeness (QED) is 0.399. The van der Waals surface area contributed by atoms with Gasteiger partial charge in [-0.2, -0.15) is 0 Å². The number of amides is 2. The van der Waals surface area contributed by atoms with Crippen molar-refractivity contribution in [3.8, 4) is 0 Å². The van der Waals surface area contributed by atoms with Crippen LogP contribution in [0, 0.1) is 0 Å². The molecule has 0 saturated carbocycles. The lowest BCUT2D eigenvalue weighted by atomic mass is 9.95. The lowest BCUT2D eigenvalue weighted by Gasteiger charge is -2.06. The predicted octanol–water partition coefficient (Wildman–Crippen LogP) is 3.20. The number of benzene rings is 2. The highest BCUT2D eigenvalue weighted by molar-refractivity contribution is 6.50. The highest BCUT2D eigenvalue weighted by Crippen LogP contribution is 2.41. The van der Waals surface area contributed by atoms with Gasteiger partial charge in [-0.3, -0.25) is 14.5 Å². The first kappa shape index (κ1) is 22.1. The van der Waals surface area contributed by atoms with E-state index in [1.807, 2.05) is 60.9 Å². The summed E-state index contributed by atoms with van der Waals surface area (Å²) >= 11 is 0. The number of carbonyl (C=O) groups excluding carboxylic acids is 2. The van der Waals surface area contributed by atoms with E-state index in [0.29, 0.717) is 24.2 Å². The topological polar surface area (TPSA) is 99.3 Å². The van der Waals surface area contributed by atoms with Crippen molar-refractivity contribution in [2.45, 2.75) is 25.9 Å². The number of likely N-dealkylation sites (N-methyl/N-ethyl adjacent to an activating group) is 1. The van der Waals surface area contributed by atoms with Crippen molar-refractivity contribution in [2.24, 2.45) is 11.5 Å². The Hall–Kier alpha value is -3.68. The number of aryl methyl sites for hydroxylation is 2. The molecule has 2 amide bonds. The van der Waals surface area contributed by atoms with Crippen LogP contribution in [0.2, 0.25) is 0 Å². The molecule has 0 bridgehead atoms. The van der Waals surface area contributed by atoms with Crippen LogP contribution in [0.5, 0.6) is 0 Å². The van der Waals surface area contributed by atoms with E-state index >= 15 is 0 Å². The molecule has 5 rings (SSSR count). The number of aromatic nitrogens is 2. The average Bonchev–Trinajstić information content (AvgIpc) is 3.48. The molecular weight excluding hydrogens is 426 g/mol. The molecule has 1 aliphatic rings. The molecular formula is C27H29N5O2. The molecule has 0 unspecified atom stereocenters. The SMILES string of the molecule is CN1C(=O)C(c2cn(CCCN)c3ccccc23)=C(c2cn(CCCN)c3ccccc23)C1=O. The molecule has 34 heavy (non-hydrogen) atoms. The van der Waals surface area contributed by atoms with Gasteiger partial charge in [-0.1, -0.05) is 36.4 Å². The van der Waals surface area contributed by atoms with Crippen LogP contribution in [0.4, 0.5) is 0 Å². The standard InChI is InChI=1S/C27H29N5O2/c1-30-26(33)24(20-16-31(14-6-12-28)22-10-4-2-8-18(20)22)25(27(30)34)21-17-32(15-7-13-29)23-11-5-3-9-19(21)23/h2-5,8-11,16-17H,6-7,12-15,28-29H2,1H3. The van der Waals surface area contributed by atoms with E-state index in [2.05, 4.69) is 9.13 Å². The van der Waals surface area contributed by atoms with Crippen LogP contribution in [-0.4, -0.2) is 46.0 Å². The zero-order chi connectivity index (χ0) is 23.8. The maximum Gasteiger partial charge on any atom is 0.261 e. The molecule has 0 saturated heterocycles. The van der Waals surface area contributed by atoms with Crippen LogP contribution in [0.3, 0.4) is 0 Å². The van der Waals surface area contributed by atoms with Crippen molar-refractivity contribution in [3.05, 3.63) is 72.1 Å². The third-order valence-electron chi connectivity index (χ3n) is 6.61. The smallest absolute Gasteiger partial charge is 0.261 e. The molecule has 0 spiro atoms. The second kappa shape index (κ2) is 8.93. The number of fused-ring (bicyclic) bond motifs is 2. The number of nitrogens with zero attached hydrogens (tertiary/aromatic N) is 3. The van der Waals surface area contributed by atoms with Crippen molar-refractivity contribution >= 4 is 44.8 Å². The molecule has 0 radical (unpaired) electrons. The lowest BCUT2D eigenvalue weighted by molar-refractivity contribution is -0.134. The fourth-order valence-corrected chi connectivity index (χ4v) is 4.93. The predicted molar refractivity (Wildman–Crippen MR) is 136 cm³/mol. The minimum Gasteiger partial charge on any atom is -0.347 e. The molecule has 4 aromatic rings. The summed E-state index contributed by atoms with van der Waals surface area (Å²) in [6, 6.07) is 16.0. The van der Waals surface area contributed by atoms with Crippen LogP contribution in [0.15, 0.2) is 60.9 Å². The van der Waals surface area contributed by atoms with Crippen molar-refractivity contribution in [2.75, 3.05) is 20.1 Å². The second-order valence-corrected chi connectivity index (χ2v) is 8.71. The first-order valence-electron chi connectivity index (χ1n) is 11.7. The summed E-state index contributed by atoms with van der Waals surface area (Å²) in [4.78, 5) is 28.2. The van der Waals surface area contributed by atoms with Gasteiger partial charge in [0.05, 0.1) is 11.1 Å². The zero-order valence-corrected chi connectivity index (χ0v) is 19.3. The molecule has 0 aliphatic carbocycles. The maximum atomic E-state index is 13.5. The van der Waals surface area contributed by atoms with Gasteiger partial charge in [-0.05, 0) is 38.1 Å². The van der Waals surface area contributed by atoms with Gasteiger partial charge in [-0.15, -0.1) is 0 Å². The number of nitrogens with two attached hydrogens (primary N) is 2. The Morgan fingerprint density at radius 1 is 0.676 bits per heavy atom. The molecule has 7 nitrogen and oxygen atoms in total. The van der Waals surface area contributed by atoms with E-state index in [4.69, 9.17) is 11.5 Å². The van der Waals surface area contributed by atoms with E-state index < -0.39 is 0 Å². The Bertz CT molecular complexity index is 1330. The van der Waals surface area contributed by atoms with Crippen LogP contribution in [0.1, 0.15) is 24.0 Å². The summed E-state index contributed by atoms with van der Waals surface area (Å²) in [5, 5.41) is 1.91. The monoisotopic (exact) mass is 455 g/mol. The van der Waals surface area contributed by atoms with Crippen molar-refractivity contribution in [3.63, 3.8) is 0 Å². The Balaban J connectivity index is 1.78. The van der Waals surface area contributed by atoms with E-state index in [1.165, 1.54) is 4.90 Å². The zero-order valence-electron chi connectivity index (χ0n) is 19.3. The van der Waals surface area contributed by atoms with Crippen molar-refractivity contribution in [1.29, 1.82) is 0 Å². The molecule has 174 valence electrons. The van der Waals surface area contributed by atoms with Gasteiger partial charge in [0.15, 0.2) is 0 Å². The Morgan fingerprint density at radius 2 is 1.09 bits per heavy atom. The molecule has 4 N–H and O–H groups in total. The van der Waals surface area contributed by atoms with E-state index in [0.717, 1.165) is 58.9 Å². The third kappa shape index (κ3) is 3.45. The summed E-state index contributed by atoms with van der Waals surface area (Å²) in [5.74, 6) is -0.555. The minimum absolute atomic E-state index is 0.277. The largest absolute Gasteiger partial charge is 0.347 e. The molecule has 2 aromatic heterocycles. The number of hydrogen-bond acceptors (Lipinski definition) is 4. The van der Waals surface area contributed by atoms with Gasteiger partial charge in [-0.25, -0.2) is 0 Å². The van der Waals surface area contributed by atoms with Gasteiger partial charge >= 0.3 is 0 Å². The Kier molecular flexibility index (Phi) is 5.81. The van der Waals surface area contributed by atoms with Gasteiger partial charge in [0, 0.05) is 65.5 Å². The minimum atomic E-state index is -0.277. The van der Waals surface area contributed by atoms with Crippen LogP contribution >= 0.6 is 0 Å². The molecule has 7 heteroatoms. The summed E-state index contributed by atoms with van der Waals surface area (Å²) in [7, 11) is 1.55. The number of imide groups is 1. The van der Waals surface area contributed by atoms with Crippen LogP contribution in [-0.2, 0) is 22.7 Å². The fraction of sp³-hybridized carbons (Fsp3) is 0.259. The maximum absolute atomic E-state index is 13.5. The van der Waals surface area contributed by atoms with Crippen molar-refractivity contribution < 1.29 is 9.59 Å². The third-order valence-corrected chi connectivity index (χ3v) is 6.61. The summed E-state index contributed by atoms with van der Waals surface area (Å²) in [5.41, 5.74) is 16.0. The highest BCUT2D eigenvalue weighted by Gasteiger charge is 2.39. The van der Waals surface area contributed by atoms with Crippen LogP contribution < -0.4 is 11.5 Å². The number of hydrogen-bond donors (Lipinski definition) is 2. The van der Waals surface area contributed by atoms with Gasteiger partial charge < -0.3 is 20.6 Å². The molecule has 0 fully saturated rings. The highest BCUT2D eigenvalue weighted by atomic mass is 16.2. The fourth-order valence-electron chi connectivity index (χ4n) is 4.93. The number of carbonyl (C=O) groups is 2. The van der Waals surface area contributed by atoms with Gasteiger partial charge in [0.2, 0.25) is 0 Å². The number of rotatable bonds is 8. The normalized spacial score (nSPS) is 14.4. The lowest BCUT2D eigenvalue weighted by Crippen LogP contribution is -2.26. The number of para-hydroxylation sites is 2. The first-order chi connectivity index (χ1) is 16.6. The van der Waals surface area contributed by atoms with Gasteiger partial charge in [0.1, 0.15) is 0 Å². The summed E-state index contributed by atoms with van der Waals surface area (Å²) in [6.45, 7) is 2.66. The molecule has 0 atom stereocenters. The van der Waals surface area contributed by atoms with Crippen molar-refractivity contribution in [1.82, 2.24) is 14.0 Å². The van der Waals surface area contributed by atoms with E-state index in [9.17, 15) is 9.59 Å². The van der Waals surface area contributed by atoms with E-state index in [-0.39, 0.29) is 11.8 Å².